The number of nitrogens with zero attached hydrogens (tertiary/aromatic N) is 4. The maximum atomic E-state index is 12.4. The summed E-state index contributed by atoms with van der Waals surface area (Å²) >= 11 is 12.0. The summed E-state index contributed by atoms with van der Waals surface area (Å²) in [5, 5.41) is 5.30. The van der Waals surface area contributed by atoms with E-state index >= 15 is 0 Å². The van der Waals surface area contributed by atoms with Gasteiger partial charge in [-0.15, -0.1) is 0 Å². The minimum atomic E-state index is -0.275. The predicted molar refractivity (Wildman–Crippen MR) is 86.2 cm³/mol. The Labute approximate surface area is 137 Å². The number of benzene rings is 1. The highest BCUT2D eigenvalue weighted by atomic mass is 35.5. The lowest BCUT2D eigenvalue weighted by molar-refractivity contribution is 0.0812. The van der Waals surface area contributed by atoms with Crippen molar-refractivity contribution < 1.29 is 4.79 Å². The van der Waals surface area contributed by atoms with E-state index in [1.807, 2.05) is 24.3 Å². The van der Waals surface area contributed by atoms with Crippen LogP contribution in [-0.2, 0) is 6.54 Å². The van der Waals surface area contributed by atoms with Gasteiger partial charge >= 0.3 is 0 Å². The van der Waals surface area contributed by atoms with Crippen molar-refractivity contribution in [2.24, 2.45) is 4.99 Å². The van der Waals surface area contributed by atoms with E-state index in [0.29, 0.717) is 22.4 Å². The number of halogens is 2. The molecule has 0 N–H and O–H groups in total. The van der Waals surface area contributed by atoms with Crippen LogP contribution in [0.2, 0.25) is 5.02 Å². The molecule has 5 nitrogen and oxygen atoms in total. The van der Waals surface area contributed by atoms with E-state index < -0.39 is 0 Å². The molecule has 1 aliphatic heterocycles. The third kappa shape index (κ3) is 3.21. The van der Waals surface area contributed by atoms with E-state index in [0.717, 1.165) is 5.56 Å². The Balaban J connectivity index is 1.75. The SMILES string of the molecule is O=C(c1ccn(Cc2cccc(Cl)c2)n1)N1CN=CC=C1Cl. The molecule has 2 aromatic rings. The number of aromatic nitrogens is 2. The topological polar surface area (TPSA) is 50.5 Å². The van der Waals surface area contributed by atoms with Gasteiger partial charge in [0.25, 0.3) is 5.91 Å². The summed E-state index contributed by atoms with van der Waals surface area (Å²) in [6, 6.07) is 9.17. The van der Waals surface area contributed by atoms with Gasteiger partial charge in [0.1, 0.15) is 11.8 Å². The smallest absolute Gasteiger partial charge is 0.277 e. The first kappa shape index (κ1) is 14.8. The van der Waals surface area contributed by atoms with Crippen molar-refractivity contribution in [3.8, 4) is 0 Å². The number of allylic oxidation sites excluding steroid dienone is 1. The monoisotopic (exact) mass is 334 g/mol. The van der Waals surface area contributed by atoms with Crippen molar-refractivity contribution in [2.45, 2.75) is 6.54 Å². The normalized spacial score (nSPS) is 14.1. The Bertz CT molecular complexity index is 766. The molecule has 2 heterocycles. The second-order valence-corrected chi connectivity index (χ2v) is 5.55. The fourth-order valence-electron chi connectivity index (χ4n) is 2.09. The molecule has 22 heavy (non-hydrogen) atoms. The summed E-state index contributed by atoms with van der Waals surface area (Å²) in [7, 11) is 0. The molecule has 0 spiro atoms. The first-order valence-corrected chi connectivity index (χ1v) is 7.34. The Morgan fingerprint density at radius 1 is 1.27 bits per heavy atom. The molecule has 0 radical (unpaired) electrons. The molecule has 0 atom stereocenters. The van der Waals surface area contributed by atoms with E-state index in [4.69, 9.17) is 23.2 Å². The molecule has 0 saturated heterocycles. The van der Waals surface area contributed by atoms with Crippen molar-refractivity contribution in [1.82, 2.24) is 14.7 Å². The lowest BCUT2D eigenvalue weighted by atomic mass is 10.2. The molecule has 0 aliphatic carbocycles. The van der Waals surface area contributed by atoms with Crippen LogP contribution in [0.5, 0.6) is 0 Å². The van der Waals surface area contributed by atoms with Crippen LogP contribution in [-0.4, -0.2) is 33.5 Å². The minimum Gasteiger partial charge on any atom is -0.277 e. The molecule has 0 unspecified atom stereocenters. The average Bonchev–Trinajstić information content (AvgIpc) is 2.95. The number of carbonyl (C=O) groups is 1. The number of aliphatic imine (C=N–C) groups is 1. The summed E-state index contributed by atoms with van der Waals surface area (Å²) < 4.78 is 1.68. The molecule has 0 saturated carbocycles. The van der Waals surface area contributed by atoms with Crippen molar-refractivity contribution in [2.75, 3.05) is 6.67 Å². The van der Waals surface area contributed by atoms with Crippen LogP contribution in [0.1, 0.15) is 16.1 Å². The number of amides is 1. The molecule has 3 rings (SSSR count). The fourth-order valence-corrected chi connectivity index (χ4v) is 2.49. The highest BCUT2D eigenvalue weighted by molar-refractivity contribution is 6.31. The van der Waals surface area contributed by atoms with Crippen LogP contribution in [0.15, 0.2) is 52.8 Å². The van der Waals surface area contributed by atoms with E-state index in [1.165, 1.54) is 4.90 Å². The first-order valence-electron chi connectivity index (χ1n) is 6.59. The van der Waals surface area contributed by atoms with Crippen LogP contribution in [0, 0.1) is 0 Å². The van der Waals surface area contributed by atoms with Crippen LogP contribution < -0.4 is 0 Å². The lowest BCUT2D eigenvalue weighted by Crippen LogP contribution is -2.30. The Morgan fingerprint density at radius 3 is 2.91 bits per heavy atom. The van der Waals surface area contributed by atoms with Crippen LogP contribution in [0.3, 0.4) is 0 Å². The van der Waals surface area contributed by atoms with E-state index in [2.05, 4.69) is 10.1 Å². The van der Waals surface area contributed by atoms with Gasteiger partial charge in [-0.3, -0.25) is 19.4 Å². The molecule has 1 amide bonds. The van der Waals surface area contributed by atoms with Gasteiger partial charge in [-0.25, -0.2) is 0 Å². The third-order valence-electron chi connectivity index (χ3n) is 3.14. The molecule has 0 bridgehead atoms. The second-order valence-electron chi connectivity index (χ2n) is 4.72. The number of hydrogen-bond donors (Lipinski definition) is 0. The Kier molecular flexibility index (Phi) is 4.27. The number of hydrogen-bond acceptors (Lipinski definition) is 3. The molecule has 112 valence electrons. The predicted octanol–water partition coefficient (Wildman–Crippen LogP) is 3.15. The maximum absolute atomic E-state index is 12.4. The van der Waals surface area contributed by atoms with Gasteiger partial charge in [0.2, 0.25) is 0 Å². The lowest BCUT2D eigenvalue weighted by Gasteiger charge is -2.20. The van der Waals surface area contributed by atoms with Gasteiger partial charge in [0, 0.05) is 17.4 Å². The van der Waals surface area contributed by atoms with Gasteiger partial charge in [0.15, 0.2) is 5.69 Å². The van der Waals surface area contributed by atoms with E-state index in [1.54, 1.807) is 29.2 Å². The zero-order valence-corrected chi connectivity index (χ0v) is 13.0. The molecule has 1 aromatic heterocycles. The molecule has 1 aliphatic rings. The molecule has 1 aromatic carbocycles. The van der Waals surface area contributed by atoms with E-state index in [-0.39, 0.29) is 12.6 Å². The van der Waals surface area contributed by atoms with Crippen molar-refractivity contribution in [3.63, 3.8) is 0 Å². The summed E-state index contributed by atoms with van der Waals surface area (Å²) in [4.78, 5) is 17.7. The van der Waals surface area contributed by atoms with Gasteiger partial charge in [0.05, 0.1) is 6.54 Å². The number of rotatable bonds is 3. The molecule has 0 fully saturated rings. The van der Waals surface area contributed by atoms with Gasteiger partial charge < -0.3 is 0 Å². The fraction of sp³-hybridized carbons (Fsp3) is 0.133. The zero-order chi connectivity index (χ0) is 15.5. The second kappa shape index (κ2) is 6.34. The first-order chi connectivity index (χ1) is 10.6. The summed E-state index contributed by atoms with van der Waals surface area (Å²) in [6.45, 7) is 0.741. The maximum Gasteiger partial charge on any atom is 0.280 e. The van der Waals surface area contributed by atoms with Crippen LogP contribution >= 0.6 is 23.2 Å². The highest BCUT2D eigenvalue weighted by Gasteiger charge is 2.21. The third-order valence-corrected chi connectivity index (χ3v) is 3.70. The summed E-state index contributed by atoms with van der Waals surface area (Å²) in [6.07, 6.45) is 4.90. The molecular formula is C15H12Cl2N4O. The molecular weight excluding hydrogens is 323 g/mol. The molecule has 7 heteroatoms. The van der Waals surface area contributed by atoms with Gasteiger partial charge in [-0.1, -0.05) is 35.3 Å². The highest BCUT2D eigenvalue weighted by Crippen LogP contribution is 2.16. The zero-order valence-electron chi connectivity index (χ0n) is 11.5. The summed E-state index contributed by atoms with van der Waals surface area (Å²) in [5.74, 6) is -0.275. The Morgan fingerprint density at radius 2 is 2.14 bits per heavy atom. The van der Waals surface area contributed by atoms with Crippen molar-refractivity contribution >= 4 is 35.3 Å². The van der Waals surface area contributed by atoms with E-state index in [9.17, 15) is 4.79 Å². The van der Waals surface area contributed by atoms with Crippen LogP contribution in [0.4, 0.5) is 0 Å². The standard InChI is InChI=1S/C15H12Cl2N4O/c16-12-3-1-2-11(8-12)9-20-7-5-13(19-20)15(22)21-10-18-6-4-14(21)17/h1-8H,9-10H2. The average molecular weight is 335 g/mol. The Hall–Kier alpha value is -2.11. The van der Waals surface area contributed by atoms with Crippen molar-refractivity contribution in [3.05, 3.63) is 64.0 Å². The van der Waals surface area contributed by atoms with Crippen molar-refractivity contribution in [1.29, 1.82) is 0 Å². The van der Waals surface area contributed by atoms with Crippen LogP contribution in [0.25, 0.3) is 0 Å². The minimum absolute atomic E-state index is 0.204. The number of carbonyl (C=O) groups excluding carboxylic acids is 1. The quantitative estimate of drug-likeness (QED) is 0.809. The van der Waals surface area contributed by atoms with Gasteiger partial charge in [-0.2, -0.15) is 5.10 Å². The summed E-state index contributed by atoms with van der Waals surface area (Å²) in [5.41, 5.74) is 1.33. The van der Waals surface area contributed by atoms with Gasteiger partial charge in [-0.05, 0) is 29.8 Å². The largest absolute Gasteiger partial charge is 0.280 e.